The lowest BCUT2D eigenvalue weighted by Gasteiger charge is -2.15. The van der Waals surface area contributed by atoms with E-state index in [9.17, 15) is 4.79 Å². The highest BCUT2D eigenvalue weighted by atomic mass is 16.1. The molecule has 96 valence electrons. The van der Waals surface area contributed by atoms with Crippen LogP contribution in [0.3, 0.4) is 0 Å². The van der Waals surface area contributed by atoms with Gasteiger partial charge in [-0.2, -0.15) is 0 Å². The third-order valence-electron chi connectivity index (χ3n) is 4.92. The predicted molar refractivity (Wildman–Crippen MR) is 67.6 cm³/mol. The number of hydrogen-bond acceptors (Lipinski definition) is 2. The van der Waals surface area contributed by atoms with Crippen LogP contribution in [-0.2, 0) is 4.79 Å². The van der Waals surface area contributed by atoms with Crippen molar-refractivity contribution in [3.8, 4) is 0 Å². The van der Waals surface area contributed by atoms with E-state index >= 15 is 0 Å². The van der Waals surface area contributed by atoms with E-state index in [0.29, 0.717) is 5.41 Å². The first-order valence-electron chi connectivity index (χ1n) is 7.26. The number of carbonyl (C=O) groups excluding carboxylic acids is 1. The molecule has 0 aromatic carbocycles. The summed E-state index contributed by atoms with van der Waals surface area (Å²) in [7, 11) is 0. The highest BCUT2D eigenvalue weighted by molar-refractivity contribution is 5.75. The summed E-state index contributed by atoms with van der Waals surface area (Å²) in [6.07, 6.45) is 8.56. The molecule has 2 saturated carbocycles. The van der Waals surface area contributed by atoms with Crippen LogP contribution in [0.2, 0.25) is 0 Å². The van der Waals surface area contributed by atoms with E-state index in [-0.39, 0.29) is 5.91 Å². The van der Waals surface area contributed by atoms with Crippen molar-refractivity contribution < 1.29 is 4.79 Å². The molecule has 1 heterocycles. The van der Waals surface area contributed by atoms with Crippen LogP contribution >= 0.6 is 0 Å². The van der Waals surface area contributed by atoms with Gasteiger partial charge in [0.05, 0.1) is 0 Å². The molecular weight excluding hydrogens is 212 g/mol. The average Bonchev–Trinajstić information content (AvgIpc) is 3.23. The van der Waals surface area contributed by atoms with Gasteiger partial charge < -0.3 is 10.6 Å². The van der Waals surface area contributed by atoms with Gasteiger partial charge >= 0.3 is 0 Å². The zero-order valence-electron chi connectivity index (χ0n) is 10.6. The highest BCUT2D eigenvalue weighted by Gasteiger charge is 2.53. The molecule has 3 nitrogen and oxygen atoms in total. The summed E-state index contributed by atoms with van der Waals surface area (Å²) in [4.78, 5) is 11.8. The maximum atomic E-state index is 11.8. The molecule has 2 aliphatic carbocycles. The molecule has 1 saturated heterocycles. The fourth-order valence-corrected chi connectivity index (χ4v) is 3.24. The third-order valence-corrected chi connectivity index (χ3v) is 4.92. The Balaban J connectivity index is 1.33. The quantitative estimate of drug-likeness (QED) is 0.737. The van der Waals surface area contributed by atoms with Crippen LogP contribution < -0.4 is 10.6 Å². The SMILES string of the molecule is O=C(CCC1CCNC1)NCC1(C2CC2)CC1. The molecule has 3 aliphatic rings. The van der Waals surface area contributed by atoms with Crippen LogP contribution in [0.5, 0.6) is 0 Å². The van der Waals surface area contributed by atoms with E-state index in [1.807, 2.05) is 0 Å². The van der Waals surface area contributed by atoms with E-state index < -0.39 is 0 Å². The first kappa shape index (κ1) is 11.5. The van der Waals surface area contributed by atoms with Crippen molar-refractivity contribution in [3.63, 3.8) is 0 Å². The molecule has 1 amide bonds. The Morgan fingerprint density at radius 3 is 2.71 bits per heavy atom. The number of carbonyl (C=O) groups is 1. The van der Waals surface area contributed by atoms with E-state index in [2.05, 4.69) is 10.6 Å². The van der Waals surface area contributed by atoms with Crippen LogP contribution in [0.4, 0.5) is 0 Å². The summed E-state index contributed by atoms with van der Waals surface area (Å²) in [6.45, 7) is 3.20. The predicted octanol–water partition coefficient (Wildman–Crippen LogP) is 1.68. The second-order valence-corrected chi connectivity index (χ2v) is 6.31. The molecular formula is C14H24N2O. The van der Waals surface area contributed by atoms with Crippen LogP contribution in [-0.4, -0.2) is 25.5 Å². The summed E-state index contributed by atoms with van der Waals surface area (Å²) >= 11 is 0. The minimum absolute atomic E-state index is 0.281. The maximum absolute atomic E-state index is 11.8. The molecule has 1 unspecified atom stereocenters. The fraction of sp³-hybridized carbons (Fsp3) is 0.929. The van der Waals surface area contributed by atoms with E-state index in [4.69, 9.17) is 0 Å². The summed E-state index contributed by atoms with van der Waals surface area (Å²) < 4.78 is 0. The van der Waals surface area contributed by atoms with E-state index in [1.165, 1.54) is 32.1 Å². The molecule has 0 spiro atoms. The lowest BCUT2D eigenvalue weighted by Crippen LogP contribution is -2.31. The smallest absolute Gasteiger partial charge is 0.220 e. The van der Waals surface area contributed by atoms with E-state index in [1.54, 1.807) is 0 Å². The Morgan fingerprint density at radius 2 is 2.12 bits per heavy atom. The van der Waals surface area contributed by atoms with Crippen LogP contribution in [0.25, 0.3) is 0 Å². The molecule has 0 aromatic rings. The normalized spacial score (nSPS) is 30.2. The lowest BCUT2D eigenvalue weighted by molar-refractivity contribution is -0.121. The van der Waals surface area contributed by atoms with Gasteiger partial charge in [0.25, 0.3) is 0 Å². The molecule has 3 rings (SSSR count). The second kappa shape index (κ2) is 4.60. The summed E-state index contributed by atoms with van der Waals surface area (Å²) in [6, 6.07) is 0. The van der Waals surface area contributed by atoms with Crippen molar-refractivity contribution in [2.75, 3.05) is 19.6 Å². The molecule has 1 atom stereocenters. The molecule has 2 N–H and O–H groups in total. The van der Waals surface area contributed by atoms with E-state index in [0.717, 1.165) is 44.3 Å². The van der Waals surface area contributed by atoms with Crippen molar-refractivity contribution in [1.82, 2.24) is 10.6 Å². The Morgan fingerprint density at radius 1 is 1.29 bits per heavy atom. The number of hydrogen-bond donors (Lipinski definition) is 2. The first-order valence-corrected chi connectivity index (χ1v) is 7.26. The summed E-state index contributed by atoms with van der Waals surface area (Å²) in [5.41, 5.74) is 0.546. The van der Waals surface area contributed by atoms with Crippen LogP contribution in [0, 0.1) is 17.3 Å². The zero-order valence-corrected chi connectivity index (χ0v) is 10.6. The standard InChI is InChI=1S/C14H24N2O/c17-13(4-1-11-5-8-15-9-11)16-10-14(6-7-14)12-2-3-12/h11-12,15H,1-10H2,(H,16,17). The van der Waals surface area contributed by atoms with Crippen molar-refractivity contribution in [2.24, 2.45) is 17.3 Å². The minimum atomic E-state index is 0.281. The monoisotopic (exact) mass is 236 g/mol. The molecule has 0 bridgehead atoms. The van der Waals surface area contributed by atoms with Gasteiger partial charge in [-0.25, -0.2) is 0 Å². The number of amides is 1. The Bertz CT molecular complexity index is 289. The van der Waals surface area contributed by atoms with Crippen LogP contribution in [0.15, 0.2) is 0 Å². The average molecular weight is 236 g/mol. The number of rotatable bonds is 6. The van der Waals surface area contributed by atoms with Gasteiger partial charge in [0.2, 0.25) is 5.91 Å². The molecule has 1 aliphatic heterocycles. The topological polar surface area (TPSA) is 41.1 Å². The maximum Gasteiger partial charge on any atom is 0.220 e. The van der Waals surface area contributed by atoms with Crippen molar-refractivity contribution in [3.05, 3.63) is 0 Å². The van der Waals surface area contributed by atoms with Gasteiger partial charge in [-0.05, 0) is 68.9 Å². The fourth-order valence-electron chi connectivity index (χ4n) is 3.24. The Labute approximate surface area is 104 Å². The molecule has 3 fully saturated rings. The lowest BCUT2D eigenvalue weighted by atomic mass is 10.00. The van der Waals surface area contributed by atoms with Crippen molar-refractivity contribution in [1.29, 1.82) is 0 Å². The minimum Gasteiger partial charge on any atom is -0.356 e. The second-order valence-electron chi connectivity index (χ2n) is 6.31. The van der Waals surface area contributed by atoms with Gasteiger partial charge in [0.15, 0.2) is 0 Å². The van der Waals surface area contributed by atoms with Crippen molar-refractivity contribution in [2.45, 2.75) is 44.9 Å². The summed E-state index contributed by atoms with van der Waals surface area (Å²) in [5, 5.41) is 6.53. The zero-order chi connectivity index (χ0) is 11.7. The summed E-state index contributed by atoms with van der Waals surface area (Å²) in [5.74, 6) is 1.96. The third kappa shape index (κ3) is 2.82. The Hall–Kier alpha value is -0.570. The number of nitrogens with one attached hydrogen (secondary N) is 2. The van der Waals surface area contributed by atoms with Gasteiger partial charge in [-0.3, -0.25) is 4.79 Å². The van der Waals surface area contributed by atoms with Crippen molar-refractivity contribution >= 4 is 5.91 Å². The molecule has 3 heteroatoms. The van der Waals surface area contributed by atoms with Gasteiger partial charge in [0, 0.05) is 13.0 Å². The molecule has 0 radical (unpaired) electrons. The molecule has 0 aromatic heterocycles. The highest BCUT2D eigenvalue weighted by Crippen LogP contribution is 2.60. The van der Waals surface area contributed by atoms with Gasteiger partial charge in [-0.15, -0.1) is 0 Å². The molecule has 17 heavy (non-hydrogen) atoms. The first-order chi connectivity index (χ1) is 8.28. The largest absolute Gasteiger partial charge is 0.356 e. The Kier molecular flexibility index (Phi) is 3.12. The van der Waals surface area contributed by atoms with Gasteiger partial charge in [0.1, 0.15) is 0 Å². The van der Waals surface area contributed by atoms with Crippen LogP contribution in [0.1, 0.15) is 44.9 Å². The van der Waals surface area contributed by atoms with Gasteiger partial charge in [-0.1, -0.05) is 0 Å².